The fourth-order valence-corrected chi connectivity index (χ4v) is 2.70. The quantitative estimate of drug-likeness (QED) is 0.788. The van der Waals surface area contributed by atoms with Crippen LogP contribution >= 0.6 is 11.6 Å². The van der Waals surface area contributed by atoms with E-state index in [0.717, 1.165) is 18.0 Å². The second-order valence-electron chi connectivity index (χ2n) is 4.41. The predicted octanol–water partition coefficient (Wildman–Crippen LogP) is 4.29. The molecule has 3 rings (SSSR count). The van der Waals surface area contributed by atoms with Gasteiger partial charge in [-0.15, -0.1) is 0 Å². The molecule has 2 aromatic rings. The van der Waals surface area contributed by atoms with Gasteiger partial charge >= 0.3 is 0 Å². The molecule has 1 aliphatic heterocycles. The predicted molar refractivity (Wildman–Crippen MR) is 72.8 cm³/mol. The zero-order valence-electron chi connectivity index (χ0n) is 9.49. The Labute approximate surface area is 106 Å². The molecule has 0 fully saturated rings. The molecule has 1 nitrogen and oxygen atoms in total. The Morgan fingerprint density at radius 3 is 2.71 bits per heavy atom. The third-order valence-electron chi connectivity index (χ3n) is 3.34. The molecule has 2 aromatic carbocycles. The lowest BCUT2D eigenvalue weighted by Gasteiger charge is -2.27. The van der Waals surface area contributed by atoms with Gasteiger partial charge in [0.15, 0.2) is 0 Å². The van der Waals surface area contributed by atoms with Crippen LogP contribution in [0.15, 0.2) is 48.5 Å². The molecule has 1 atom stereocenters. The molecular formula is C15H14ClN. The van der Waals surface area contributed by atoms with Crippen molar-refractivity contribution in [2.24, 2.45) is 0 Å². The molecule has 0 aromatic heterocycles. The van der Waals surface area contributed by atoms with Crippen molar-refractivity contribution in [1.82, 2.24) is 0 Å². The second-order valence-corrected chi connectivity index (χ2v) is 4.85. The SMILES string of the molecule is Clc1ccc2c(c1)NCCC2c1ccccc1. The van der Waals surface area contributed by atoms with Crippen LogP contribution in [0.25, 0.3) is 0 Å². The molecule has 0 amide bonds. The average molecular weight is 244 g/mol. The van der Waals surface area contributed by atoms with E-state index in [-0.39, 0.29) is 0 Å². The zero-order chi connectivity index (χ0) is 11.7. The Kier molecular flexibility index (Phi) is 2.77. The van der Waals surface area contributed by atoms with Crippen LogP contribution < -0.4 is 5.32 Å². The highest BCUT2D eigenvalue weighted by Gasteiger charge is 2.21. The van der Waals surface area contributed by atoms with Crippen molar-refractivity contribution in [3.8, 4) is 0 Å². The molecule has 1 N–H and O–H groups in total. The lowest BCUT2D eigenvalue weighted by molar-refractivity contribution is 0.720. The van der Waals surface area contributed by atoms with Gasteiger partial charge in [0, 0.05) is 23.2 Å². The van der Waals surface area contributed by atoms with Crippen molar-refractivity contribution in [2.75, 3.05) is 11.9 Å². The maximum Gasteiger partial charge on any atom is 0.0426 e. The Morgan fingerprint density at radius 2 is 1.88 bits per heavy atom. The van der Waals surface area contributed by atoms with Crippen molar-refractivity contribution in [2.45, 2.75) is 12.3 Å². The standard InChI is InChI=1S/C15H14ClN/c16-12-6-7-14-13(8-9-17-15(14)10-12)11-4-2-1-3-5-11/h1-7,10,13,17H,8-9H2. The molecule has 1 unspecified atom stereocenters. The van der Waals surface area contributed by atoms with Crippen molar-refractivity contribution >= 4 is 17.3 Å². The van der Waals surface area contributed by atoms with Crippen molar-refractivity contribution in [3.05, 3.63) is 64.7 Å². The van der Waals surface area contributed by atoms with E-state index >= 15 is 0 Å². The number of benzene rings is 2. The Hall–Kier alpha value is -1.47. The van der Waals surface area contributed by atoms with Crippen LogP contribution in [0.4, 0.5) is 5.69 Å². The highest BCUT2D eigenvalue weighted by molar-refractivity contribution is 6.30. The summed E-state index contributed by atoms with van der Waals surface area (Å²) in [7, 11) is 0. The number of nitrogens with one attached hydrogen (secondary N) is 1. The van der Waals surface area contributed by atoms with Crippen LogP contribution in [-0.4, -0.2) is 6.54 Å². The molecule has 0 aliphatic carbocycles. The first-order chi connectivity index (χ1) is 8.34. The number of rotatable bonds is 1. The van der Waals surface area contributed by atoms with E-state index in [4.69, 9.17) is 11.6 Å². The zero-order valence-corrected chi connectivity index (χ0v) is 10.2. The van der Waals surface area contributed by atoms with E-state index in [1.165, 1.54) is 16.8 Å². The summed E-state index contributed by atoms with van der Waals surface area (Å²) in [5.74, 6) is 0.490. The molecular weight excluding hydrogens is 230 g/mol. The summed E-state index contributed by atoms with van der Waals surface area (Å²) in [6, 6.07) is 16.8. The maximum atomic E-state index is 6.03. The summed E-state index contributed by atoms with van der Waals surface area (Å²) in [5.41, 5.74) is 3.92. The fraction of sp³-hybridized carbons (Fsp3) is 0.200. The largest absolute Gasteiger partial charge is 0.385 e. The van der Waals surface area contributed by atoms with Gasteiger partial charge in [0.1, 0.15) is 0 Å². The molecule has 0 saturated heterocycles. The molecule has 17 heavy (non-hydrogen) atoms. The molecule has 2 heteroatoms. The molecule has 0 radical (unpaired) electrons. The van der Waals surface area contributed by atoms with Crippen molar-refractivity contribution in [1.29, 1.82) is 0 Å². The summed E-state index contributed by atoms with van der Waals surface area (Å²) >= 11 is 6.03. The lowest BCUT2D eigenvalue weighted by Crippen LogP contribution is -2.17. The third-order valence-corrected chi connectivity index (χ3v) is 3.58. The van der Waals surface area contributed by atoms with Crippen molar-refractivity contribution in [3.63, 3.8) is 0 Å². The number of anilines is 1. The summed E-state index contributed by atoms with van der Waals surface area (Å²) in [5, 5.41) is 4.21. The Bertz CT molecular complexity index is 522. The van der Waals surface area contributed by atoms with E-state index in [2.05, 4.69) is 41.7 Å². The van der Waals surface area contributed by atoms with Gasteiger partial charge in [-0.3, -0.25) is 0 Å². The van der Waals surface area contributed by atoms with Crippen LogP contribution in [-0.2, 0) is 0 Å². The first kappa shape index (κ1) is 10.7. The molecule has 1 heterocycles. The van der Waals surface area contributed by atoms with E-state index in [9.17, 15) is 0 Å². The monoisotopic (exact) mass is 243 g/mol. The first-order valence-corrected chi connectivity index (χ1v) is 6.30. The van der Waals surface area contributed by atoms with Gasteiger partial charge in [-0.2, -0.15) is 0 Å². The number of hydrogen-bond donors (Lipinski definition) is 1. The average Bonchev–Trinajstić information content (AvgIpc) is 2.39. The molecule has 0 spiro atoms. The first-order valence-electron chi connectivity index (χ1n) is 5.93. The second kappa shape index (κ2) is 4.42. The molecule has 0 saturated carbocycles. The smallest absolute Gasteiger partial charge is 0.0426 e. The molecule has 0 bridgehead atoms. The van der Waals surface area contributed by atoms with Gasteiger partial charge < -0.3 is 5.32 Å². The van der Waals surface area contributed by atoms with E-state index in [0.29, 0.717) is 5.92 Å². The number of hydrogen-bond acceptors (Lipinski definition) is 1. The summed E-state index contributed by atoms with van der Waals surface area (Å²) < 4.78 is 0. The summed E-state index contributed by atoms with van der Waals surface area (Å²) in [6.45, 7) is 1.01. The van der Waals surface area contributed by atoms with Gasteiger partial charge in [0.2, 0.25) is 0 Å². The summed E-state index contributed by atoms with van der Waals surface area (Å²) in [4.78, 5) is 0. The van der Waals surface area contributed by atoms with E-state index in [1.807, 2.05) is 12.1 Å². The highest BCUT2D eigenvalue weighted by atomic mass is 35.5. The van der Waals surface area contributed by atoms with E-state index in [1.54, 1.807) is 0 Å². The molecule has 86 valence electrons. The minimum Gasteiger partial charge on any atom is -0.385 e. The third kappa shape index (κ3) is 2.03. The van der Waals surface area contributed by atoms with Gasteiger partial charge in [-0.25, -0.2) is 0 Å². The number of halogens is 1. The van der Waals surface area contributed by atoms with Crippen LogP contribution in [0, 0.1) is 0 Å². The van der Waals surface area contributed by atoms with Crippen LogP contribution in [0.3, 0.4) is 0 Å². The normalized spacial score (nSPS) is 18.3. The summed E-state index contributed by atoms with van der Waals surface area (Å²) in [6.07, 6.45) is 1.14. The van der Waals surface area contributed by atoms with Crippen LogP contribution in [0.5, 0.6) is 0 Å². The van der Waals surface area contributed by atoms with Gasteiger partial charge in [0.05, 0.1) is 0 Å². The van der Waals surface area contributed by atoms with Crippen molar-refractivity contribution < 1.29 is 0 Å². The van der Waals surface area contributed by atoms with Crippen LogP contribution in [0.1, 0.15) is 23.5 Å². The lowest BCUT2D eigenvalue weighted by atomic mass is 9.85. The Balaban J connectivity index is 2.06. The topological polar surface area (TPSA) is 12.0 Å². The van der Waals surface area contributed by atoms with Gasteiger partial charge in [-0.05, 0) is 29.7 Å². The fourth-order valence-electron chi connectivity index (χ4n) is 2.52. The van der Waals surface area contributed by atoms with Gasteiger partial charge in [-0.1, -0.05) is 48.0 Å². The molecule has 1 aliphatic rings. The highest BCUT2D eigenvalue weighted by Crippen LogP contribution is 2.37. The maximum absolute atomic E-state index is 6.03. The van der Waals surface area contributed by atoms with Crippen LogP contribution in [0.2, 0.25) is 5.02 Å². The van der Waals surface area contributed by atoms with E-state index < -0.39 is 0 Å². The minimum atomic E-state index is 0.490. The minimum absolute atomic E-state index is 0.490. The van der Waals surface area contributed by atoms with Gasteiger partial charge in [0.25, 0.3) is 0 Å². The number of fused-ring (bicyclic) bond motifs is 1. The Morgan fingerprint density at radius 1 is 1.06 bits per heavy atom.